The molecule has 154 valence electrons. The van der Waals surface area contributed by atoms with Crippen molar-refractivity contribution in [3.8, 4) is 0 Å². The second kappa shape index (κ2) is 8.31. The fourth-order valence-electron chi connectivity index (χ4n) is 4.21. The number of hydrogen-bond acceptors (Lipinski definition) is 5. The van der Waals surface area contributed by atoms with Crippen LogP contribution in [0.5, 0.6) is 0 Å². The van der Waals surface area contributed by atoms with Crippen LogP contribution >= 0.6 is 0 Å². The molecule has 0 aliphatic carbocycles. The molecule has 0 N–H and O–H groups in total. The van der Waals surface area contributed by atoms with E-state index in [1.165, 1.54) is 0 Å². The number of carbonyl (C=O) groups is 2. The van der Waals surface area contributed by atoms with E-state index in [1.807, 2.05) is 39.9 Å². The van der Waals surface area contributed by atoms with Crippen LogP contribution < -0.4 is 0 Å². The van der Waals surface area contributed by atoms with Gasteiger partial charge in [-0.1, -0.05) is 0 Å². The van der Waals surface area contributed by atoms with Crippen molar-refractivity contribution in [2.45, 2.75) is 58.0 Å². The van der Waals surface area contributed by atoms with Crippen molar-refractivity contribution in [2.24, 2.45) is 0 Å². The van der Waals surface area contributed by atoms with E-state index in [4.69, 9.17) is 4.98 Å². The van der Waals surface area contributed by atoms with Crippen LogP contribution in [0.3, 0.4) is 0 Å². The molecular weight excluding hydrogens is 368 g/mol. The highest BCUT2D eigenvalue weighted by Gasteiger charge is 2.27. The van der Waals surface area contributed by atoms with E-state index in [9.17, 15) is 9.59 Å². The van der Waals surface area contributed by atoms with E-state index < -0.39 is 0 Å². The lowest BCUT2D eigenvalue weighted by Gasteiger charge is -2.32. The summed E-state index contributed by atoms with van der Waals surface area (Å²) in [6, 6.07) is 1.91. The predicted octanol–water partition coefficient (Wildman–Crippen LogP) is 1.93. The molecule has 29 heavy (non-hydrogen) atoms. The third kappa shape index (κ3) is 4.31. The molecule has 2 aromatic rings. The summed E-state index contributed by atoms with van der Waals surface area (Å²) in [6.45, 7) is 6.45. The monoisotopic (exact) mass is 396 g/mol. The van der Waals surface area contributed by atoms with Gasteiger partial charge in [0.05, 0.1) is 11.7 Å². The van der Waals surface area contributed by atoms with Crippen LogP contribution in [0.4, 0.5) is 0 Å². The van der Waals surface area contributed by atoms with Crippen LogP contribution in [0.15, 0.2) is 24.7 Å². The van der Waals surface area contributed by atoms with E-state index >= 15 is 0 Å². The topological polar surface area (TPSA) is 84.2 Å². The highest BCUT2D eigenvalue weighted by molar-refractivity contribution is 5.77. The first-order valence-corrected chi connectivity index (χ1v) is 10.4. The summed E-state index contributed by atoms with van der Waals surface area (Å²) in [5.74, 6) is 1.48. The van der Waals surface area contributed by atoms with Gasteiger partial charge in [0.15, 0.2) is 0 Å². The summed E-state index contributed by atoms with van der Waals surface area (Å²) in [5.41, 5.74) is 2.11. The number of carbonyl (C=O) groups excluding carboxylic acids is 2. The van der Waals surface area contributed by atoms with Gasteiger partial charge in [-0.2, -0.15) is 5.10 Å². The zero-order valence-electron chi connectivity index (χ0n) is 17.1. The molecule has 2 aromatic heterocycles. The summed E-state index contributed by atoms with van der Waals surface area (Å²) in [5, 5.41) is 4.22. The minimum atomic E-state index is 0.0402. The zero-order chi connectivity index (χ0) is 20.4. The second-order valence-corrected chi connectivity index (χ2v) is 8.08. The molecule has 0 bridgehead atoms. The van der Waals surface area contributed by atoms with Crippen molar-refractivity contribution < 1.29 is 9.59 Å². The highest BCUT2D eigenvalue weighted by Crippen LogP contribution is 2.27. The molecule has 4 rings (SSSR count). The molecule has 0 radical (unpaired) electrons. The Kier molecular flexibility index (Phi) is 5.60. The Morgan fingerprint density at radius 3 is 2.69 bits per heavy atom. The Hall–Kier alpha value is -2.77. The maximum Gasteiger partial charge on any atom is 0.225 e. The number of aromatic nitrogens is 4. The van der Waals surface area contributed by atoms with Crippen molar-refractivity contribution in [3.05, 3.63) is 41.7 Å². The Balaban J connectivity index is 1.37. The minimum absolute atomic E-state index is 0.0402. The summed E-state index contributed by atoms with van der Waals surface area (Å²) in [7, 11) is 0. The van der Waals surface area contributed by atoms with Crippen LogP contribution in [0.2, 0.25) is 0 Å². The number of fused-ring (bicyclic) bond motifs is 1. The molecular formula is C21H28N6O2. The number of rotatable bonds is 4. The van der Waals surface area contributed by atoms with Crippen LogP contribution in [0.1, 0.15) is 62.2 Å². The first-order valence-electron chi connectivity index (χ1n) is 10.4. The lowest BCUT2D eigenvalue weighted by Crippen LogP contribution is -2.38. The van der Waals surface area contributed by atoms with E-state index in [-0.39, 0.29) is 17.9 Å². The highest BCUT2D eigenvalue weighted by atomic mass is 16.2. The van der Waals surface area contributed by atoms with Gasteiger partial charge in [-0.25, -0.2) is 9.97 Å². The second-order valence-electron chi connectivity index (χ2n) is 8.08. The van der Waals surface area contributed by atoms with E-state index in [1.54, 1.807) is 13.1 Å². The Labute approximate surface area is 170 Å². The van der Waals surface area contributed by atoms with Crippen molar-refractivity contribution in [2.75, 3.05) is 19.6 Å². The largest absolute Gasteiger partial charge is 0.343 e. The molecule has 1 saturated heterocycles. The third-order valence-electron chi connectivity index (χ3n) is 6.06. The van der Waals surface area contributed by atoms with Crippen molar-refractivity contribution in [1.29, 1.82) is 0 Å². The number of piperidine rings is 1. The first-order chi connectivity index (χ1) is 14.0. The SMILES string of the molecule is CC(=O)N1CCC(c2ncc3c(n2)CCN(C(=O)CC(C)n2cccn2)C3)CC1. The van der Waals surface area contributed by atoms with Crippen LogP contribution in [-0.2, 0) is 22.6 Å². The molecule has 2 amide bonds. The molecule has 1 fully saturated rings. The van der Waals surface area contributed by atoms with Gasteiger partial charge in [0.1, 0.15) is 5.82 Å². The van der Waals surface area contributed by atoms with Crippen LogP contribution in [-0.4, -0.2) is 61.0 Å². The number of hydrogen-bond donors (Lipinski definition) is 0. The standard InChI is InChI=1S/C21H28N6O2/c1-15(27-8-3-7-23-27)12-20(29)26-11-6-19-18(14-26)13-22-21(24-19)17-4-9-25(10-5-17)16(2)28/h3,7-8,13,15,17H,4-6,9-12,14H2,1-2H3. The quantitative estimate of drug-likeness (QED) is 0.789. The molecule has 4 heterocycles. The molecule has 0 aromatic carbocycles. The van der Waals surface area contributed by atoms with Gasteiger partial charge < -0.3 is 9.80 Å². The predicted molar refractivity (Wildman–Crippen MR) is 107 cm³/mol. The van der Waals surface area contributed by atoms with Gasteiger partial charge in [0, 0.05) is 76.0 Å². The van der Waals surface area contributed by atoms with Gasteiger partial charge >= 0.3 is 0 Å². The minimum Gasteiger partial charge on any atom is -0.343 e. The maximum atomic E-state index is 12.7. The molecule has 8 heteroatoms. The van der Waals surface area contributed by atoms with Crippen LogP contribution in [0, 0.1) is 0 Å². The summed E-state index contributed by atoms with van der Waals surface area (Å²) in [4.78, 5) is 37.5. The Morgan fingerprint density at radius 2 is 2.00 bits per heavy atom. The van der Waals surface area contributed by atoms with Crippen molar-refractivity contribution >= 4 is 11.8 Å². The van der Waals surface area contributed by atoms with Gasteiger partial charge in [-0.15, -0.1) is 0 Å². The third-order valence-corrected chi connectivity index (χ3v) is 6.06. The van der Waals surface area contributed by atoms with Crippen LogP contribution in [0.25, 0.3) is 0 Å². The average Bonchev–Trinajstić information content (AvgIpc) is 3.28. The number of amides is 2. The van der Waals surface area contributed by atoms with E-state index in [2.05, 4.69) is 10.1 Å². The normalized spacial score (nSPS) is 18.4. The average molecular weight is 396 g/mol. The van der Waals surface area contributed by atoms with Gasteiger partial charge in [0.2, 0.25) is 11.8 Å². The molecule has 8 nitrogen and oxygen atoms in total. The molecule has 0 spiro atoms. The first kappa shape index (κ1) is 19.5. The van der Waals surface area contributed by atoms with Gasteiger partial charge in [-0.3, -0.25) is 14.3 Å². The van der Waals surface area contributed by atoms with Crippen molar-refractivity contribution in [1.82, 2.24) is 29.5 Å². The summed E-state index contributed by atoms with van der Waals surface area (Å²) in [6.07, 6.45) is 8.54. The van der Waals surface area contributed by atoms with Gasteiger partial charge in [-0.05, 0) is 25.8 Å². The zero-order valence-corrected chi connectivity index (χ0v) is 17.1. The lowest BCUT2D eigenvalue weighted by molar-refractivity contribution is -0.133. The Bertz CT molecular complexity index is 873. The smallest absolute Gasteiger partial charge is 0.225 e. The molecule has 2 aliphatic rings. The van der Waals surface area contributed by atoms with E-state index in [0.717, 1.165) is 49.4 Å². The van der Waals surface area contributed by atoms with Crippen molar-refractivity contribution in [3.63, 3.8) is 0 Å². The fraction of sp³-hybridized carbons (Fsp3) is 0.571. The summed E-state index contributed by atoms with van der Waals surface area (Å²) < 4.78 is 1.82. The molecule has 1 unspecified atom stereocenters. The molecule has 0 saturated carbocycles. The van der Waals surface area contributed by atoms with E-state index in [0.29, 0.717) is 25.4 Å². The summed E-state index contributed by atoms with van der Waals surface area (Å²) >= 11 is 0. The molecule has 1 atom stereocenters. The lowest BCUT2D eigenvalue weighted by atomic mass is 9.95. The van der Waals surface area contributed by atoms with Gasteiger partial charge in [0.25, 0.3) is 0 Å². The fourth-order valence-corrected chi connectivity index (χ4v) is 4.21. The number of likely N-dealkylation sites (tertiary alicyclic amines) is 1. The molecule has 2 aliphatic heterocycles. The Morgan fingerprint density at radius 1 is 1.21 bits per heavy atom. The maximum absolute atomic E-state index is 12.7. The number of nitrogens with zero attached hydrogens (tertiary/aromatic N) is 6.